The van der Waals surface area contributed by atoms with E-state index in [-0.39, 0.29) is 10.5 Å². The lowest BCUT2D eigenvalue weighted by Gasteiger charge is -2.13. The number of carboxylic acid groups (broad SMARTS) is 1. The van der Waals surface area contributed by atoms with Crippen molar-refractivity contribution in [3.05, 3.63) is 0 Å². The fourth-order valence-corrected chi connectivity index (χ4v) is 0.682. The number of amides is 1. The van der Waals surface area contributed by atoms with Crippen LogP contribution >= 0.6 is 24.4 Å². The van der Waals surface area contributed by atoms with E-state index in [2.05, 4.69) is 27.9 Å². The molecule has 1 atom stereocenters. The van der Waals surface area contributed by atoms with Crippen molar-refractivity contribution >= 4 is 42.7 Å². The molecule has 0 aromatic heterocycles. The number of hydrogen-bond donors (Lipinski definition) is 4. The predicted octanol–water partition coefficient (Wildman–Crippen LogP) is 0.798. The second-order valence-corrected chi connectivity index (χ2v) is 5.62. The summed E-state index contributed by atoms with van der Waals surface area (Å²) in [6.45, 7) is 3.96. The minimum Gasteiger partial charge on any atom is -0.480 e. The summed E-state index contributed by atoms with van der Waals surface area (Å²) in [5.41, 5.74) is 4.94. The molecule has 19 heavy (non-hydrogen) atoms. The van der Waals surface area contributed by atoms with Crippen LogP contribution in [0.25, 0.3) is 0 Å². The van der Waals surface area contributed by atoms with E-state index in [0.717, 1.165) is 0 Å². The van der Waals surface area contributed by atoms with Gasteiger partial charge in [0.25, 0.3) is 0 Å². The molecule has 0 aromatic carbocycles. The van der Waals surface area contributed by atoms with Crippen molar-refractivity contribution in [2.24, 2.45) is 10.9 Å². The monoisotopic (exact) mass is 311 g/mol. The van der Waals surface area contributed by atoms with Crippen LogP contribution in [0.2, 0.25) is 0 Å². The Hall–Kier alpha value is -0.930. The number of nitrogens with one attached hydrogen (secondary N) is 1. The van der Waals surface area contributed by atoms with E-state index in [1.54, 1.807) is 18.0 Å². The lowest BCUT2D eigenvalue weighted by atomic mass is 10.2. The predicted molar refractivity (Wildman–Crippen MR) is 81.1 cm³/mol. The van der Waals surface area contributed by atoms with Crippen LogP contribution in [0.5, 0.6) is 0 Å². The molecule has 7 nitrogen and oxygen atoms in total. The van der Waals surface area contributed by atoms with Gasteiger partial charge < -0.3 is 16.2 Å². The summed E-state index contributed by atoms with van der Waals surface area (Å²) in [6, 6.07) is -0.816. The Labute approximate surface area is 122 Å². The van der Waals surface area contributed by atoms with Gasteiger partial charge in [0.05, 0.1) is 6.21 Å². The molecule has 0 saturated carbocycles. The molecule has 112 valence electrons. The quantitative estimate of drug-likeness (QED) is 0.258. The van der Waals surface area contributed by atoms with Crippen LogP contribution in [0, 0.1) is 0 Å². The number of carboxylic acids is 1. The summed E-state index contributed by atoms with van der Waals surface area (Å²) < 4.78 is -0.103. The van der Waals surface area contributed by atoms with Gasteiger partial charge in [0.1, 0.15) is 6.04 Å². The highest BCUT2D eigenvalue weighted by atomic mass is 32.2. The summed E-state index contributed by atoms with van der Waals surface area (Å²) in [5, 5.41) is 13.8. The first kappa shape index (κ1) is 20.4. The molecular weight excluding hydrogens is 290 g/mol. The third kappa shape index (κ3) is 13.3. The second kappa shape index (κ2) is 10.9. The molecule has 0 saturated heterocycles. The SMILES string of the molecule is CNC(=O)O/N=C/C(C)(C)SC.NC(CS)C(=O)O. The smallest absolute Gasteiger partial charge is 0.433 e. The fraction of sp³-hybridized carbons (Fsp3) is 0.700. The summed E-state index contributed by atoms with van der Waals surface area (Å²) in [7, 11) is 1.48. The molecule has 9 heteroatoms. The molecule has 0 spiro atoms. The first-order valence-electron chi connectivity index (χ1n) is 5.27. The van der Waals surface area contributed by atoms with Crippen LogP contribution < -0.4 is 11.1 Å². The van der Waals surface area contributed by atoms with Crippen molar-refractivity contribution < 1.29 is 19.5 Å². The fourth-order valence-electron chi connectivity index (χ4n) is 0.378. The van der Waals surface area contributed by atoms with E-state index in [1.165, 1.54) is 7.05 Å². The van der Waals surface area contributed by atoms with Crippen molar-refractivity contribution in [1.29, 1.82) is 0 Å². The highest BCUT2D eigenvalue weighted by molar-refractivity contribution is 8.00. The Bertz CT molecular complexity index is 311. The van der Waals surface area contributed by atoms with Gasteiger partial charge in [-0.15, -0.1) is 0 Å². The van der Waals surface area contributed by atoms with Crippen molar-refractivity contribution in [3.63, 3.8) is 0 Å². The standard InChI is InChI=1S/C7H14N2O2S.C3H7NO2S/c1-7(2,12-4)5-9-11-6(10)8-3;4-2(1-7)3(5)6/h5H,1-4H3,(H,8,10);2,7H,1,4H2,(H,5,6)/b9-5+;. The van der Waals surface area contributed by atoms with Gasteiger partial charge in [-0.3, -0.25) is 9.63 Å². The first-order valence-corrected chi connectivity index (χ1v) is 7.13. The summed E-state index contributed by atoms with van der Waals surface area (Å²) in [4.78, 5) is 24.7. The molecule has 1 amide bonds. The third-order valence-electron chi connectivity index (χ3n) is 1.74. The molecule has 0 heterocycles. The summed E-state index contributed by atoms with van der Waals surface area (Å²) >= 11 is 5.27. The first-order chi connectivity index (χ1) is 8.70. The normalized spacial score (nSPS) is 12.3. The van der Waals surface area contributed by atoms with Gasteiger partial charge in [-0.05, 0) is 20.1 Å². The maximum absolute atomic E-state index is 10.5. The Kier molecular flexibility index (Phi) is 11.7. The average molecular weight is 311 g/mol. The number of thioether (sulfide) groups is 1. The van der Waals surface area contributed by atoms with Gasteiger partial charge in [0, 0.05) is 17.5 Å². The minimum absolute atomic E-state index is 0.103. The van der Waals surface area contributed by atoms with Crippen LogP contribution in [0.3, 0.4) is 0 Å². The Morgan fingerprint density at radius 2 is 2.16 bits per heavy atom. The Morgan fingerprint density at radius 3 is 2.42 bits per heavy atom. The second-order valence-electron chi connectivity index (χ2n) is 3.80. The lowest BCUT2D eigenvalue weighted by Crippen LogP contribution is -2.31. The minimum atomic E-state index is -1.00. The number of thiol groups is 1. The number of aliphatic carboxylic acids is 1. The van der Waals surface area contributed by atoms with Crippen molar-refractivity contribution in [3.8, 4) is 0 Å². The number of nitrogens with two attached hydrogens (primary N) is 1. The van der Waals surface area contributed by atoms with Gasteiger partial charge in [-0.1, -0.05) is 5.16 Å². The van der Waals surface area contributed by atoms with Crippen molar-refractivity contribution in [2.45, 2.75) is 24.6 Å². The number of carbonyl (C=O) groups is 2. The van der Waals surface area contributed by atoms with E-state index in [9.17, 15) is 9.59 Å². The van der Waals surface area contributed by atoms with Crippen molar-refractivity contribution in [1.82, 2.24) is 5.32 Å². The van der Waals surface area contributed by atoms with Gasteiger partial charge >= 0.3 is 12.1 Å². The van der Waals surface area contributed by atoms with Crippen LogP contribution in [0.1, 0.15) is 13.8 Å². The average Bonchev–Trinajstić information content (AvgIpc) is 2.37. The Morgan fingerprint density at radius 1 is 1.63 bits per heavy atom. The zero-order chi connectivity index (χ0) is 15.5. The zero-order valence-electron chi connectivity index (χ0n) is 11.4. The van der Waals surface area contributed by atoms with Gasteiger partial charge in [0.2, 0.25) is 0 Å². The summed E-state index contributed by atoms with van der Waals surface area (Å²) in [6.07, 6.45) is 3.00. The largest absolute Gasteiger partial charge is 0.480 e. The number of hydrogen-bond acceptors (Lipinski definition) is 7. The molecule has 0 rings (SSSR count). The molecule has 0 aliphatic carbocycles. The van der Waals surface area contributed by atoms with Gasteiger partial charge in [-0.25, -0.2) is 4.79 Å². The van der Waals surface area contributed by atoms with E-state index < -0.39 is 18.1 Å². The maximum Gasteiger partial charge on any atom is 0.433 e. The molecule has 0 bridgehead atoms. The highest BCUT2D eigenvalue weighted by Gasteiger charge is 2.12. The molecule has 0 fully saturated rings. The van der Waals surface area contributed by atoms with Crippen LogP contribution in [-0.2, 0) is 9.63 Å². The van der Waals surface area contributed by atoms with Gasteiger partial charge in [0.15, 0.2) is 0 Å². The van der Waals surface area contributed by atoms with E-state index in [0.29, 0.717) is 0 Å². The van der Waals surface area contributed by atoms with E-state index in [4.69, 9.17) is 10.8 Å². The molecule has 1 unspecified atom stereocenters. The molecular formula is C10H21N3O4S2. The van der Waals surface area contributed by atoms with E-state index in [1.807, 2.05) is 20.1 Å². The topological polar surface area (TPSA) is 114 Å². The Balaban J connectivity index is 0. The molecule has 4 N–H and O–H groups in total. The number of rotatable bonds is 5. The van der Waals surface area contributed by atoms with Crippen LogP contribution in [0.4, 0.5) is 4.79 Å². The van der Waals surface area contributed by atoms with E-state index >= 15 is 0 Å². The third-order valence-corrected chi connectivity index (χ3v) is 3.29. The summed E-state index contributed by atoms with van der Waals surface area (Å²) in [5.74, 6) is -0.815. The van der Waals surface area contributed by atoms with Gasteiger partial charge in [-0.2, -0.15) is 24.4 Å². The highest BCUT2D eigenvalue weighted by Crippen LogP contribution is 2.17. The molecule has 0 radical (unpaired) electrons. The molecule has 0 aliphatic rings. The number of carbonyl (C=O) groups excluding carboxylic acids is 1. The maximum atomic E-state index is 10.5. The van der Waals surface area contributed by atoms with Crippen LogP contribution in [-0.4, -0.2) is 53.2 Å². The molecule has 0 aromatic rings. The van der Waals surface area contributed by atoms with Crippen LogP contribution in [0.15, 0.2) is 5.16 Å². The molecule has 0 aliphatic heterocycles. The lowest BCUT2D eigenvalue weighted by molar-refractivity contribution is -0.137. The van der Waals surface area contributed by atoms with Crippen molar-refractivity contribution in [2.75, 3.05) is 19.1 Å². The number of nitrogens with zero attached hydrogens (tertiary/aromatic N) is 1. The number of oxime groups is 1. The zero-order valence-corrected chi connectivity index (χ0v) is 13.1.